The lowest BCUT2D eigenvalue weighted by atomic mass is 10.6. The Morgan fingerprint density at radius 2 is 2.20 bits per heavy atom. The first kappa shape index (κ1) is 12.1. The second kappa shape index (κ2) is 5.18. The highest BCUT2D eigenvalue weighted by atomic mass is 35.5. The van der Waals surface area contributed by atoms with Crippen LogP contribution in [0.3, 0.4) is 0 Å². The second-order valence-electron chi connectivity index (χ2n) is 2.90. The quantitative estimate of drug-likeness (QED) is 0.486. The van der Waals surface area contributed by atoms with E-state index in [0.717, 1.165) is 0 Å². The van der Waals surface area contributed by atoms with Gasteiger partial charge in [0.2, 0.25) is 5.95 Å². The number of hydrogen-bond donors (Lipinski definition) is 1. The normalized spacial score (nSPS) is 11.6. The maximum Gasteiger partial charge on any atom is 0.228 e. The summed E-state index contributed by atoms with van der Waals surface area (Å²) in [6.07, 6.45) is 1.84. The summed E-state index contributed by atoms with van der Waals surface area (Å²) in [5, 5.41) is 0.788. The highest BCUT2D eigenvalue weighted by Gasteiger charge is 2.04. The predicted octanol–water partition coefficient (Wildman–Crippen LogP) is 1.51. The smallest absolute Gasteiger partial charge is 0.228 e. The molecule has 0 aliphatic heterocycles. The molecule has 0 saturated carbocycles. The third-order valence-electron chi connectivity index (χ3n) is 1.50. The SMILES string of the molecule is CSC(N)=Nc1cc(Cl)nc(N(C)C)n1. The van der Waals surface area contributed by atoms with Gasteiger partial charge in [-0.1, -0.05) is 23.4 Å². The number of nitrogens with zero attached hydrogens (tertiary/aromatic N) is 4. The molecule has 0 atom stereocenters. The maximum atomic E-state index is 5.83. The van der Waals surface area contributed by atoms with Crippen LogP contribution in [0.15, 0.2) is 11.1 Å². The third-order valence-corrected chi connectivity index (χ3v) is 2.21. The van der Waals surface area contributed by atoms with Crippen molar-refractivity contribution in [3.63, 3.8) is 0 Å². The topological polar surface area (TPSA) is 67.4 Å². The first-order valence-corrected chi connectivity index (χ1v) is 5.73. The van der Waals surface area contributed by atoms with Crippen LogP contribution >= 0.6 is 23.4 Å². The Morgan fingerprint density at radius 3 is 2.73 bits per heavy atom. The molecule has 0 aliphatic carbocycles. The molecule has 0 amide bonds. The van der Waals surface area contributed by atoms with E-state index < -0.39 is 0 Å². The summed E-state index contributed by atoms with van der Waals surface area (Å²) >= 11 is 7.18. The van der Waals surface area contributed by atoms with Gasteiger partial charge in [-0.3, -0.25) is 0 Å². The Labute approximate surface area is 97.8 Å². The van der Waals surface area contributed by atoms with Gasteiger partial charge in [0.1, 0.15) is 5.15 Å². The number of rotatable bonds is 2. The van der Waals surface area contributed by atoms with Crippen molar-refractivity contribution in [1.29, 1.82) is 0 Å². The van der Waals surface area contributed by atoms with E-state index in [1.165, 1.54) is 11.8 Å². The van der Waals surface area contributed by atoms with E-state index in [9.17, 15) is 0 Å². The van der Waals surface area contributed by atoms with Crippen LogP contribution < -0.4 is 10.6 Å². The Kier molecular flexibility index (Phi) is 4.16. The molecule has 7 heteroatoms. The Balaban J connectivity index is 3.09. The summed E-state index contributed by atoms with van der Waals surface area (Å²) < 4.78 is 0. The van der Waals surface area contributed by atoms with Crippen LogP contribution in [0.1, 0.15) is 0 Å². The summed E-state index contributed by atoms with van der Waals surface area (Å²) in [4.78, 5) is 14.0. The lowest BCUT2D eigenvalue weighted by Crippen LogP contribution is -2.12. The van der Waals surface area contributed by atoms with E-state index in [2.05, 4.69) is 15.0 Å². The third kappa shape index (κ3) is 3.56. The summed E-state index contributed by atoms with van der Waals surface area (Å²) in [7, 11) is 3.66. The van der Waals surface area contributed by atoms with E-state index in [4.69, 9.17) is 17.3 Å². The minimum absolute atomic E-state index is 0.348. The predicted molar refractivity (Wildman–Crippen MR) is 66.2 cm³/mol. The minimum Gasteiger partial charge on any atom is -0.378 e. The molecule has 1 aromatic rings. The number of amidine groups is 1. The average Bonchev–Trinajstić information content (AvgIpc) is 2.16. The number of nitrogens with two attached hydrogens (primary N) is 1. The van der Waals surface area contributed by atoms with Gasteiger partial charge in [-0.2, -0.15) is 4.98 Å². The van der Waals surface area contributed by atoms with Gasteiger partial charge in [-0.15, -0.1) is 0 Å². The van der Waals surface area contributed by atoms with Crippen molar-refractivity contribution in [3.8, 4) is 0 Å². The molecule has 1 aromatic heterocycles. The monoisotopic (exact) mass is 245 g/mol. The van der Waals surface area contributed by atoms with E-state index in [1.54, 1.807) is 11.0 Å². The Morgan fingerprint density at radius 1 is 1.53 bits per heavy atom. The molecule has 1 heterocycles. The molecule has 1 rings (SSSR count). The number of halogens is 1. The Bertz CT molecular complexity index is 379. The van der Waals surface area contributed by atoms with Gasteiger partial charge in [0.25, 0.3) is 0 Å². The van der Waals surface area contributed by atoms with Gasteiger partial charge in [0.05, 0.1) is 0 Å². The molecule has 0 radical (unpaired) electrons. The number of hydrogen-bond acceptors (Lipinski definition) is 5. The van der Waals surface area contributed by atoms with Gasteiger partial charge in [-0.25, -0.2) is 9.98 Å². The van der Waals surface area contributed by atoms with Crippen molar-refractivity contribution < 1.29 is 0 Å². The molecular weight excluding hydrogens is 234 g/mol. The van der Waals surface area contributed by atoms with Gasteiger partial charge >= 0.3 is 0 Å². The highest BCUT2D eigenvalue weighted by Crippen LogP contribution is 2.18. The van der Waals surface area contributed by atoms with Gasteiger partial charge in [0, 0.05) is 20.2 Å². The van der Waals surface area contributed by atoms with Gasteiger partial charge in [-0.05, 0) is 6.26 Å². The zero-order valence-corrected chi connectivity index (χ0v) is 10.3. The van der Waals surface area contributed by atoms with Crippen molar-refractivity contribution in [2.75, 3.05) is 25.3 Å². The summed E-state index contributed by atoms with van der Waals surface area (Å²) in [5.41, 5.74) is 5.58. The molecule has 5 nitrogen and oxygen atoms in total. The van der Waals surface area contributed by atoms with Crippen LogP contribution in [0.4, 0.5) is 11.8 Å². The summed E-state index contributed by atoms with van der Waals surface area (Å²) in [5.74, 6) is 0.973. The van der Waals surface area contributed by atoms with Crippen LogP contribution in [0.25, 0.3) is 0 Å². The highest BCUT2D eigenvalue weighted by molar-refractivity contribution is 8.13. The fourth-order valence-corrected chi connectivity index (χ4v) is 1.17. The largest absolute Gasteiger partial charge is 0.378 e. The van der Waals surface area contributed by atoms with E-state index in [1.807, 2.05) is 20.4 Å². The molecule has 2 N–H and O–H groups in total. The molecule has 0 bridgehead atoms. The van der Waals surface area contributed by atoms with Crippen molar-refractivity contribution in [1.82, 2.24) is 9.97 Å². The fraction of sp³-hybridized carbons (Fsp3) is 0.375. The number of thioether (sulfide) groups is 1. The van der Waals surface area contributed by atoms with Crippen LogP contribution in [-0.4, -0.2) is 35.5 Å². The first-order valence-electron chi connectivity index (χ1n) is 4.13. The van der Waals surface area contributed by atoms with Gasteiger partial charge in [0.15, 0.2) is 11.0 Å². The van der Waals surface area contributed by atoms with E-state index in [-0.39, 0.29) is 0 Å². The number of aromatic nitrogens is 2. The maximum absolute atomic E-state index is 5.83. The van der Waals surface area contributed by atoms with Crippen LogP contribution in [-0.2, 0) is 0 Å². The second-order valence-corrected chi connectivity index (χ2v) is 4.11. The van der Waals surface area contributed by atoms with Crippen molar-refractivity contribution in [3.05, 3.63) is 11.2 Å². The van der Waals surface area contributed by atoms with Crippen molar-refractivity contribution >= 4 is 40.3 Å². The summed E-state index contributed by atoms with van der Waals surface area (Å²) in [6, 6.07) is 1.57. The van der Waals surface area contributed by atoms with Crippen LogP contribution in [0.5, 0.6) is 0 Å². The molecule has 0 saturated heterocycles. The molecular formula is C8H12ClN5S. The number of aliphatic imine (C=N–C) groups is 1. The average molecular weight is 246 g/mol. The Hall–Kier alpha value is -1.01. The number of anilines is 1. The summed E-state index contributed by atoms with van der Waals surface area (Å²) in [6.45, 7) is 0. The van der Waals surface area contributed by atoms with Crippen molar-refractivity contribution in [2.45, 2.75) is 0 Å². The first-order chi connectivity index (χ1) is 7.02. The van der Waals surface area contributed by atoms with Crippen LogP contribution in [0, 0.1) is 0 Å². The van der Waals surface area contributed by atoms with Crippen LogP contribution in [0.2, 0.25) is 5.15 Å². The lowest BCUT2D eigenvalue weighted by molar-refractivity contribution is 0.997. The standard InChI is InChI=1S/C8H12ClN5S/c1-14(2)8-11-5(9)4-6(13-8)12-7(10)15-3/h4H,1-3H3,(H2,10,11,12,13). The fourth-order valence-electron chi connectivity index (χ4n) is 0.810. The van der Waals surface area contributed by atoms with Crippen molar-refractivity contribution in [2.24, 2.45) is 10.7 Å². The van der Waals surface area contributed by atoms with E-state index in [0.29, 0.717) is 22.1 Å². The molecule has 82 valence electrons. The molecule has 0 unspecified atom stereocenters. The lowest BCUT2D eigenvalue weighted by Gasteiger charge is -2.10. The molecule has 0 spiro atoms. The zero-order chi connectivity index (χ0) is 11.4. The van der Waals surface area contributed by atoms with E-state index >= 15 is 0 Å². The molecule has 15 heavy (non-hydrogen) atoms. The molecule has 0 fully saturated rings. The minimum atomic E-state index is 0.348. The van der Waals surface area contributed by atoms with Gasteiger partial charge < -0.3 is 10.6 Å². The molecule has 0 aliphatic rings. The molecule has 0 aromatic carbocycles. The zero-order valence-electron chi connectivity index (χ0n) is 8.73.